The van der Waals surface area contributed by atoms with Crippen LogP contribution in [0.2, 0.25) is 5.02 Å². The monoisotopic (exact) mass is 326 g/mol. The van der Waals surface area contributed by atoms with Gasteiger partial charge in [0.15, 0.2) is 5.82 Å². The van der Waals surface area contributed by atoms with Gasteiger partial charge in [0, 0.05) is 18.1 Å². The molecule has 5 nitrogen and oxygen atoms in total. The first-order chi connectivity index (χ1) is 11.0. The molecule has 0 bridgehead atoms. The van der Waals surface area contributed by atoms with Crippen LogP contribution in [0.5, 0.6) is 0 Å². The number of hydrogen-bond donors (Lipinski definition) is 1. The van der Waals surface area contributed by atoms with Crippen molar-refractivity contribution in [3.05, 3.63) is 74.8 Å². The molecule has 1 aromatic carbocycles. The van der Waals surface area contributed by atoms with E-state index in [4.69, 9.17) is 11.6 Å². The molecular formula is C17H15ClN4O. The van der Waals surface area contributed by atoms with Crippen LogP contribution in [0, 0.1) is 13.8 Å². The van der Waals surface area contributed by atoms with E-state index >= 15 is 0 Å². The van der Waals surface area contributed by atoms with E-state index in [-0.39, 0.29) is 5.56 Å². The molecule has 116 valence electrons. The van der Waals surface area contributed by atoms with Crippen molar-refractivity contribution < 1.29 is 0 Å². The first-order valence-corrected chi connectivity index (χ1v) is 7.46. The molecule has 0 aliphatic carbocycles. The molecule has 0 spiro atoms. The van der Waals surface area contributed by atoms with Gasteiger partial charge in [0.25, 0.3) is 5.56 Å². The van der Waals surface area contributed by atoms with Gasteiger partial charge in [-0.1, -0.05) is 29.3 Å². The topological polar surface area (TPSA) is 63.0 Å². The molecule has 0 atom stereocenters. The standard InChI is InChI=1S/C17H15ClN4O/c1-11-3-6-14(7-4-11)22-17(23)15(12(2)21-22)10-20-16-8-5-13(18)9-19-16/h3-10,21H,1-2H3. The molecule has 3 rings (SSSR count). The largest absolute Gasteiger partial charge is 0.295 e. The second-order valence-electron chi connectivity index (χ2n) is 5.22. The summed E-state index contributed by atoms with van der Waals surface area (Å²) in [4.78, 5) is 20.9. The van der Waals surface area contributed by atoms with Crippen LogP contribution in [0.15, 0.2) is 52.4 Å². The molecule has 0 saturated heterocycles. The lowest BCUT2D eigenvalue weighted by molar-refractivity contribution is 0.835. The van der Waals surface area contributed by atoms with Crippen LogP contribution in [0.1, 0.15) is 16.8 Å². The molecule has 0 fully saturated rings. The van der Waals surface area contributed by atoms with Gasteiger partial charge in [-0.05, 0) is 38.1 Å². The van der Waals surface area contributed by atoms with E-state index in [9.17, 15) is 4.79 Å². The molecule has 2 aromatic heterocycles. The molecule has 3 aromatic rings. The second-order valence-corrected chi connectivity index (χ2v) is 5.66. The van der Waals surface area contributed by atoms with Gasteiger partial charge in [-0.15, -0.1) is 0 Å². The maximum atomic E-state index is 12.5. The minimum absolute atomic E-state index is 0.149. The normalized spacial score (nSPS) is 11.3. The van der Waals surface area contributed by atoms with Crippen LogP contribution in [0.4, 0.5) is 5.82 Å². The molecule has 0 unspecified atom stereocenters. The summed E-state index contributed by atoms with van der Waals surface area (Å²) in [5.41, 5.74) is 3.02. The van der Waals surface area contributed by atoms with Gasteiger partial charge in [0.2, 0.25) is 0 Å². The number of aromatic nitrogens is 3. The van der Waals surface area contributed by atoms with Crippen molar-refractivity contribution in [3.63, 3.8) is 0 Å². The Bertz CT molecular complexity index is 905. The number of aromatic amines is 1. The molecule has 0 radical (unpaired) electrons. The summed E-state index contributed by atoms with van der Waals surface area (Å²) in [7, 11) is 0. The number of pyridine rings is 1. The third-order valence-electron chi connectivity index (χ3n) is 3.45. The van der Waals surface area contributed by atoms with Gasteiger partial charge in [-0.25, -0.2) is 14.7 Å². The Morgan fingerprint density at radius 2 is 1.91 bits per heavy atom. The van der Waals surface area contributed by atoms with E-state index in [2.05, 4.69) is 15.1 Å². The van der Waals surface area contributed by atoms with Crippen molar-refractivity contribution >= 4 is 23.6 Å². The third-order valence-corrected chi connectivity index (χ3v) is 3.67. The van der Waals surface area contributed by atoms with Crippen molar-refractivity contribution in [3.8, 4) is 5.69 Å². The number of aryl methyl sites for hydroxylation is 2. The summed E-state index contributed by atoms with van der Waals surface area (Å²) in [6, 6.07) is 11.1. The molecule has 6 heteroatoms. The SMILES string of the molecule is Cc1ccc(-n2[nH]c(C)c(C=Nc3ccc(Cl)cn3)c2=O)cc1. The number of nitrogens with zero attached hydrogens (tertiary/aromatic N) is 3. The summed E-state index contributed by atoms with van der Waals surface area (Å²) in [6.45, 7) is 3.84. The molecule has 2 heterocycles. The summed E-state index contributed by atoms with van der Waals surface area (Å²) in [5, 5.41) is 3.61. The van der Waals surface area contributed by atoms with Gasteiger partial charge >= 0.3 is 0 Å². The van der Waals surface area contributed by atoms with E-state index in [1.54, 1.807) is 12.1 Å². The highest BCUT2D eigenvalue weighted by Crippen LogP contribution is 2.13. The zero-order valence-electron chi connectivity index (χ0n) is 12.7. The molecule has 0 saturated carbocycles. The van der Waals surface area contributed by atoms with Crippen molar-refractivity contribution in [1.29, 1.82) is 0 Å². The minimum Gasteiger partial charge on any atom is -0.295 e. The number of aliphatic imine (C=N–C) groups is 1. The van der Waals surface area contributed by atoms with Crippen molar-refractivity contribution in [2.75, 3.05) is 0 Å². The number of benzene rings is 1. The molecule has 0 aliphatic rings. The molecular weight excluding hydrogens is 312 g/mol. The van der Waals surface area contributed by atoms with Crippen molar-refractivity contribution in [1.82, 2.24) is 14.8 Å². The zero-order chi connectivity index (χ0) is 16.4. The Hall–Kier alpha value is -2.66. The Labute approximate surface area is 138 Å². The van der Waals surface area contributed by atoms with Crippen molar-refractivity contribution in [2.24, 2.45) is 4.99 Å². The van der Waals surface area contributed by atoms with Crippen LogP contribution in [-0.2, 0) is 0 Å². The Morgan fingerprint density at radius 3 is 2.57 bits per heavy atom. The highest BCUT2D eigenvalue weighted by atomic mass is 35.5. The highest BCUT2D eigenvalue weighted by Gasteiger charge is 2.10. The lowest BCUT2D eigenvalue weighted by Crippen LogP contribution is -2.17. The maximum absolute atomic E-state index is 12.5. The molecule has 23 heavy (non-hydrogen) atoms. The Balaban J connectivity index is 1.96. The number of H-pyrrole nitrogens is 1. The van der Waals surface area contributed by atoms with Crippen LogP contribution in [0.25, 0.3) is 5.69 Å². The summed E-state index contributed by atoms with van der Waals surface area (Å²) >= 11 is 5.79. The summed E-state index contributed by atoms with van der Waals surface area (Å²) in [5.74, 6) is 0.497. The van der Waals surface area contributed by atoms with E-state index in [1.807, 2.05) is 38.1 Å². The van der Waals surface area contributed by atoms with Gasteiger partial charge in [0.1, 0.15) is 0 Å². The summed E-state index contributed by atoms with van der Waals surface area (Å²) < 4.78 is 1.51. The van der Waals surface area contributed by atoms with Gasteiger partial charge < -0.3 is 0 Å². The number of hydrogen-bond acceptors (Lipinski definition) is 3. The number of halogens is 1. The smallest absolute Gasteiger partial charge is 0.280 e. The van der Waals surface area contributed by atoms with Gasteiger partial charge in [0.05, 0.1) is 16.3 Å². The van der Waals surface area contributed by atoms with E-state index < -0.39 is 0 Å². The number of rotatable bonds is 3. The predicted molar refractivity (Wildman–Crippen MR) is 92.4 cm³/mol. The van der Waals surface area contributed by atoms with Crippen LogP contribution in [0.3, 0.4) is 0 Å². The summed E-state index contributed by atoms with van der Waals surface area (Å²) in [6.07, 6.45) is 3.04. The molecule has 1 N–H and O–H groups in total. The van der Waals surface area contributed by atoms with Gasteiger partial charge in [-0.3, -0.25) is 9.89 Å². The lowest BCUT2D eigenvalue weighted by atomic mass is 10.2. The number of nitrogens with one attached hydrogen (secondary N) is 1. The average Bonchev–Trinajstić information content (AvgIpc) is 2.82. The maximum Gasteiger partial charge on any atom is 0.280 e. The third kappa shape index (κ3) is 3.24. The fraction of sp³-hybridized carbons (Fsp3) is 0.118. The van der Waals surface area contributed by atoms with Gasteiger partial charge in [-0.2, -0.15) is 0 Å². The highest BCUT2D eigenvalue weighted by molar-refractivity contribution is 6.30. The fourth-order valence-electron chi connectivity index (χ4n) is 2.16. The Kier molecular flexibility index (Phi) is 4.12. The van der Waals surface area contributed by atoms with Crippen molar-refractivity contribution in [2.45, 2.75) is 13.8 Å². The van der Waals surface area contributed by atoms with E-state index in [0.29, 0.717) is 16.4 Å². The predicted octanol–water partition coefficient (Wildman–Crippen LogP) is 3.58. The van der Waals surface area contributed by atoms with E-state index in [1.165, 1.54) is 17.1 Å². The van der Waals surface area contributed by atoms with Crippen LogP contribution in [-0.4, -0.2) is 21.0 Å². The molecule has 0 amide bonds. The molecule has 0 aliphatic heterocycles. The zero-order valence-corrected chi connectivity index (χ0v) is 13.5. The fourth-order valence-corrected chi connectivity index (χ4v) is 2.27. The van der Waals surface area contributed by atoms with Crippen LogP contribution >= 0.6 is 11.6 Å². The van der Waals surface area contributed by atoms with E-state index in [0.717, 1.165) is 16.9 Å². The average molecular weight is 327 g/mol. The Morgan fingerprint density at radius 1 is 1.17 bits per heavy atom. The lowest BCUT2D eigenvalue weighted by Gasteiger charge is -2.01. The van der Waals surface area contributed by atoms with Crippen LogP contribution < -0.4 is 5.56 Å². The first kappa shape index (κ1) is 15.2. The first-order valence-electron chi connectivity index (χ1n) is 7.09. The second kappa shape index (κ2) is 6.22. The minimum atomic E-state index is -0.149. The quantitative estimate of drug-likeness (QED) is 0.748.